The highest BCUT2D eigenvalue weighted by molar-refractivity contribution is 5.76. The van der Waals surface area contributed by atoms with Gasteiger partial charge in [-0.25, -0.2) is 0 Å². The van der Waals surface area contributed by atoms with Crippen LogP contribution in [0.15, 0.2) is 67.9 Å². The molecule has 1 heterocycles. The summed E-state index contributed by atoms with van der Waals surface area (Å²) in [6.45, 7) is 8.11. The van der Waals surface area contributed by atoms with Gasteiger partial charge in [0.15, 0.2) is 17.8 Å². The van der Waals surface area contributed by atoms with Crippen molar-refractivity contribution < 1.29 is 14.3 Å². The number of nitrogens with one attached hydrogen (secondary N) is 1. The molecule has 1 N–H and O–H groups in total. The van der Waals surface area contributed by atoms with Gasteiger partial charge in [-0.05, 0) is 42.4 Å². The number of benzene rings is 1. The average molecular weight is 366 g/mol. The zero-order chi connectivity index (χ0) is 20.1. The standard InChI is InChI=1S/C12H11NO.C10H15NO2/c1-3-5-11(4-2)12-7-6-10(9-14)8-13-12;1-11-7-8-4-5-9(12-2)10(6-8)13-3/h3-9H,1-2H2;4-6,11H,7H2,1-3H3/b11-5+;. The second kappa shape index (κ2) is 12.2. The number of nitrogens with zero attached hydrogens (tertiary/aromatic N) is 1. The van der Waals surface area contributed by atoms with Gasteiger partial charge in [-0.3, -0.25) is 9.78 Å². The summed E-state index contributed by atoms with van der Waals surface area (Å²) >= 11 is 0. The molecule has 5 nitrogen and oxygen atoms in total. The third kappa shape index (κ3) is 6.92. The number of rotatable bonds is 8. The molecule has 0 aliphatic carbocycles. The minimum Gasteiger partial charge on any atom is -0.493 e. The molecule has 142 valence electrons. The monoisotopic (exact) mass is 366 g/mol. The number of aldehydes is 1. The summed E-state index contributed by atoms with van der Waals surface area (Å²) < 4.78 is 10.3. The lowest BCUT2D eigenvalue weighted by atomic mass is 10.1. The quantitative estimate of drug-likeness (QED) is 0.564. The van der Waals surface area contributed by atoms with E-state index in [4.69, 9.17) is 9.47 Å². The van der Waals surface area contributed by atoms with E-state index in [-0.39, 0.29) is 0 Å². The van der Waals surface area contributed by atoms with Crippen LogP contribution in [-0.4, -0.2) is 32.5 Å². The van der Waals surface area contributed by atoms with Crippen LogP contribution >= 0.6 is 0 Å². The van der Waals surface area contributed by atoms with E-state index in [1.165, 1.54) is 11.8 Å². The maximum Gasteiger partial charge on any atom is 0.161 e. The molecule has 0 atom stereocenters. The lowest BCUT2D eigenvalue weighted by Crippen LogP contribution is -2.05. The number of aromatic nitrogens is 1. The Morgan fingerprint density at radius 1 is 1.15 bits per heavy atom. The minimum atomic E-state index is 0.566. The highest BCUT2D eigenvalue weighted by Gasteiger charge is 2.03. The van der Waals surface area contributed by atoms with Crippen LogP contribution in [0.3, 0.4) is 0 Å². The Kier molecular flexibility index (Phi) is 9.89. The van der Waals surface area contributed by atoms with Gasteiger partial charge in [0.1, 0.15) is 0 Å². The molecule has 0 bridgehead atoms. The highest BCUT2D eigenvalue weighted by Crippen LogP contribution is 2.27. The van der Waals surface area contributed by atoms with Crippen LogP contribution in [-0.2, 0) is 6.54 Å². The largest absolute Gasteiger partial charge is 0.493 e. The van der Waals surface area contributed by atoms with Crippen molar-refractivity contribution >= 4 is 11.9 Å². The molecule has 0 saturated carbocycles. The van der Waals surface area contributed by atoms with E-state index in [1.807, 2.05) is 31.3 Å². The lowest BCUT2D eigenvalue weighted by Gasteiger charge is -2.08. The number of hydrogen-bond donors (Lipinski definition) is 1. The number of pyridine rings is 1. The predicted molar refractivity (Wildman–Crippen MR) is 110 cm³/mol. The molecule has 2 aromatic rings. The van der Waals surface area contributed by atoms with Crippen molar-refractivity contribution in [2.45, 2.75) is 6.54 Å². The average Bonchev–Trinajstić information content (AvgIpc) is 2.72. The van der Waals surface area contributed by atoms with Crippen LogP contribution < -0.4 is 14.8 Å². The number of ether oxygens (including phenoxy) is 2. The molecule has 0 fully saturated rings. The third-order valence-corrected chi connectivity index (χ3v) is 3.56. The van der Waals surface area contributed by atoms with Gasteiger partial charge in [0.25, 0.3) is 0 Å². The van der Waals surface area contributed by atoms with Crippen molar-refractivity contribution in [1.29, 1.82) is 0 Å². The van der Waals surface area contributed by atoms with Crippen LogP contribution in [0.25, 0.3) is 5.57 Å². The van der Waals surface area contributed by atoms with Crippen molar-refractivity contribution in [2.75, 3.05) is 21.3 Å². The maximum atomic E-state index is 10.4. The number of carbonyl (C=O) groups excluding carboxylic acids is 1. The minimum absolute atomic E-state index is 0.566. The van der Waals surface area contributed by atoms with Crippen molar-refractivity contribution in [2.24, 2.45) is 0 Å². The molecule has 0 unspecified atom stereocenters. The van der Waals surface area contributed by atoms with E-state index in [0.717, 1.165) is 35.6 Å². The first-order valence-corrected chi connectivity index (χ1v) is 8.35. The first-order valence-electron chi connectivity index (χ1n) is 8.35. The number of methoxy groups -OCH3 is 2. The summed E-state index contributed by atoms with van der Waals surface area (Å²) in [5, 5.41) is 3.08. The highest BCUT2D eigenvalue weighted by atomic mass is 16.5. The van der Waals surface area contributed by atoms with Gasteiger partial charge in [0, 0.05) is 18.3 Å². The Balaban J connectivity index is 0.000000271. The van der Waals surface area contributed by atoms with E-state index < -0.39 is 0 Å². The Morgan fingerprint density at radius 3 is 2.37 bits per heavy atom. The molecule has 0 saturated heterocycles. The first kappa shape index (κ1) is 21.9. The van der Waals surface area contributed by atoms with Crippen molar-refractivity contribution in [3.63, 3.8) is 0 Å². The van der Waals surface area contributed by atoms with Gasteiger partial charge in [-0.2, -0.15) is 0 Å². The van der Waals surface area contributed by atoms with Gasteiger partial charge in [0.05, 0.1) is 19.9 Å². The molecule has 0 aliphatic heterocycles. The van der Waals surface area contributed by atoms with E-state index >= 15 is 0 Å². The summed E-state index contributed by atoms with van der Waals surface area (Å²) in [6.07, 6.45) is 7.48. The van der Waals surface area contributed by atoms with Gasteiger partial charge in [-0.15, -0.1) is 0 Å². The smallest absolute Gasteiger partial charge is 0.161 e. The molecule has 0 aliphatic rings. The second-order valence-corrected chi connectivity index (χ2v) is 5.38. The van der Waals surface area contributed by atoms with Gasteiger partial charge < -0.3 is 14.8 Å². The maximum absolute atomic E-state index is 10.4. The SMILES string of the molecule is C=C/C=C(\C=C)c1ccc(C=O)cn1.CNCc1ccc(OC)c(OC)c1. The van der Waals surface area contributed by atoms with Gasteiger partial charge in [-0.1, -0.05) is 37.5 Å². The lowest BCUT2D eigenvalue weighted by molar-refractivity contribution is 0.112. The Labute approximate surface area is 161 Å². The molecular weight excluding hydrogens is 340 g/mol. The summed E-state index contributed by atoms with van der Waals surface area (Å²) in [6, 6.07) is 9.38. The number of carbonyl (C=O) groups is 1. The van der Waals surface area contributed by atoms with Crippen LogP contribution in [0.5, 0.6) is 11.5 Å². The molecule has 0 radical (unpaired) electrons. The first-order chi connectivity index (χ1) is 13.1. The molecule has 0 amide bonds. The van der Waals surface area contributed by atoms with Crippen molar-refractivity contribution in [1.82, 2.24) is 10.3 Å². The molecule has 5 heteroatoms. The van der Waals surface area contributed by atoms with E-state index in [0.29, 0.717) is 5.56 Å². The predicted octanol–water partition coefficient (Wildman–Crippen LogP) is 4.07. The zero-order valence-electron chi connectivity index (χ0n) is 16.1. The number of allylic oxidation sites excluding steroid dienone is 4. The van der Waals surface area contributed by atoms with Crippen LogP contribution in [0, 0.1) is 0 Å². The van der Waals surface area contributed by atoms with E-state index in [9.17, 15) is 4.79 Å². The fourth-order valence-corrected chi connectivity index (χ4v) is 2.23. The normalized spacial score (nSPS) is 10.3. The zero-order valence-corrected chi connectivity index (χ0v) is 16.1. The van der Waals surface area contributed by atoms with Crippen LogP contribution in [0.4, 0.5) is 0 Å². The summed E-state index contributed by atoms with van der Waals surface area (Å²) in [4.78, 5) is 14.5. The van der Waals surface area contributed by atoms with Crippen molar-refractivity contribution in [3.8, 4) is 11.5 Å². The molecule has 1 aromatic carbocycles. The Hall–Kier alpha value is -3.18. The Bertz CT molecular complexity index is 781. The third-order valence-electron chi connectivity index (χ3n) is 3.56. The van der Waals surface area contributed by atoms with Gasteiger partial charge >= 0.3 is 0 Å². The Morgan fingerprint density at radius 2 is 1.89 bits per heavy atom. The molecular formula is C22H26N2O3. The molecule has 27 heavy (non-hydrogen) atoms. The molecule has 2 rings (SSSR count). The second-order valence-electron chi connectivity index (χ2n) is 5.38. The van der Waals surface area contributed by atoms with Crippen LogP contribution in [0.2, 0.25) is 0 Å². The van der Waals surface area contributed by atoms with Crippen LogP contribution in [0.1, 0.15) is 21.6 Å². The summed E-state index contributed by atoms with van der Waals surface area (Å²) in [7, 11) is 5.19. The van der Waals surface area contributed by atoms with Gasteiger partial charge in [0.2, 0.25) is 0 Å². The fourth-order valence-electron chi connectivity index (χ4n) is 2.23. The molecule has 1 aromatic heterocycles. The summed E-state index contributed by atoms with van der Waals surface area (Å²) in [5.74, 6) is 1.54. The number of hydrogen-bond acceptors (Lipinski definition) is 5. The van der Waals surface area contributed by atoms with E-state index in [2.05, 4.69) is 23.5 Å². The van der Waals surface area contributed by atoms with E-state index in [1.54, 1.807) is 38.5 Å². The molecule has 0 spiro atoms. The topological polar surface area (TPSA) is 60.5 Å². The fraction of sp³-hybridized carbons (Fsp3) is 0.182. The summed E-state index contributed by atoms with van der Waals surface area (Å²) in [5.41, 5.74) is 3.42. The van der Waals surface area contributed by atoms with Crippen molar-refractivity contribution in [3.05, 3.63) is 84.7 Å².